The van der Waals surface area contributed by atoms with Crippen LogP contribution in [0.15, 0.2) is 29.3 Å². The summed E-state index contributed by atoms with van der Waals surface area (Å²) in [6.45, 7) is 10.6. The van der Waals surface area contributed by atoms with Gasteiger partial charge in [-0.1, -0.05) is 26.0 Å². The van der Waals surface area contributed by atoms with E-state index in [-0.39, 0.29) is 5.91 Å². The molecule has 7 nitrogen and oxygen atoms in total. The first-order valence-corrected chi connectivity index (χ1v) is 11.7. The number of ether oxygens (including phenoxy) is 1. The standard InChI is InChI=1S/C24H39N5O2/c1-19(2)16-22(28-12-14-31-15-13-28)18-27-24(25-3)26-17-20-7-9-21(10-8-20)29-11-5-4-6-23(29)30/h7-10,19,22H,4-6,11-18H2,1-3H3,(H2,25,26,27). The Labute approximate surface area is 187 Å². The molecular weight excluding hydrogens is 390 g/mol. The molecule has 1 unspecified atom stereocenters. The maximum absolute atomic E-state index is 12.1. The predicted molar refractivity (Wildman–Crippen MR) is 126 cm³/mol. The maximum Gasteiger partial charge on any atom is 0.226 e. The molecular formula is C24H39N5O2. The Hall–Kier alpha value is -2.12. The second-order valence-electron chi connectivity index (χ2n) is 8.91. The third-order valence-corrected chi connectivity index (χ3v) is 6.07. The van der Waals surface area contributed by atoms with E-state index in [1.165, 1.54) is 5.56 Å². The number of benzene rings is 1. The number of hydrogen-bond donors (Lipinski definition) is 2. The molecule has 0 spiro atoms. The molecule has 7 heteroatoms. The smallest absolute Gasteiger partial charge is 0.226 e. The molecule has 1 atom stereocenters. The highest BCUT2D eigenvalue weighted by Gasteiger charge is 2.22. The van der Waals surface area contributed by atoms with E-state index in [0.717, 1.165) is 70.3 Å². The van der Waals surface area contributed by atoms with Gasteiger partial charge < -0.3 is 20.3 Å². The summed E-state index contributed by atoms with van der Waals surface area (Å²) < 4.78 is 5.52. The zero-order valence-electron chi connectivity index (χ0n) is 19.4. The average Bonchev–Trinajstić information content (AvgIpc) is 2.79. The molecule has 2 aliphatic heterocycles. The number of guanidine groups is 1. The lowest BCUT2D eigenvalue weighted by Gasteiger charge is -2.35. The molecule has 2 N–H and O–H groups in total. The quantitative estimate of drug-likeness (QED) is 0.491. The van der Waals surface area contributed by atoms with Crippen LogP contribution >= 0.6 is 0 Å². The second kappa shape index (κ2) is 12.1. The summed E-state index contributed by atoms with van der Waals surface area (Å²) in [6, 6.07) is 8.75. The van der Waals surface area contributed by atoms with Crippen LogP contribution in [0.5, 0.6) is 0 Å². The molecule has 1 aromatic carbocycles. The van der Waals surface area contributed by atoms with Gasteiger partial charge in [0.05, 0.1) is 13.2 Å². The minimum atomic E-state index is 0.234. The summed E-state index contributed by atoms with van der Waals surface area (Å²) in [7, 11) is 1.81. The average molecular weight is 430 g/mol. The molecule has 31 heavy (non-hydrogen) atoms. The van der Waals surface area contributed by atoms with Gasteiger partial charge in [-0.3, -0.25) is 14.7 Å². The van der Waals surface area contributed by atoms with Crippen LogP contribution in [0.25, 0.3) is 0 Å². The fourth-order valence-electron chi connectivity index (χ4n) is 4.34. The van der Waals surface area contributed by atoms with Crippen LogP contribution in [0.3, 0.4) is 0 Å². The van der Waals surface area contributed by atoms with E-state index in [1.807, 2.05) is 24.1 Å². The maximum atomic E-state index is 12.1. The molecule has 0 saturated carbocycles. The zero-order valence-corrected chi connectivity index (χ0v) is 19.4. The minimum absolute atomic E-state index is 0.234. The number of rotatable bonds is 8. The first kappa shape index (κ1) is 23.5. The number of piperidine rings is 1. The summed E-state index contributed by atoms with van der Waals surface area (Å²) in [5.41, 5.74) is 2.17. The molecule has 0 bridgehead atoms. The van der Waals surface area contributed by atoms with E-state index < -0.39 is 0 Å². The third kappa shape index (κ3) is 7.21. The zero-order chi connectivity index (χ0) is 22.1. The molecule has 1 amide bonds. The van der Waals surface area contributed by atoms with E-state index in [1.54, 1.807) is 0 Å². The van der Waals surface area contributed by atoms with Gasteiger partial charge in [0.2, 0.25) is 5.91 Å². The van der Waals surface area contributed by atoms with Crippen LogP contribution in [0, 0.1) is 5.92 Å². The second-order valence-corrected chi connectivity index (χ2v) is 8.91. The van der Waals surface area contributed by atoms with Gasteiger partial charge in [0, 0.05) is 57.9 Å². The Kier molecular flexibility index (Phi) is 9.15. The first-order valence-electron chi connectivity index (χ1n) is 11.7. The summed E-state index contributed by atoms with van der Waals surface area (Å²) in [4.78, 5) is 21.0. The van der Waals surface area contributed by atoms with Crippen LogP contribution in [0.2, 0.25) is 0 Å². The van der Waals surface area contributed by atoms with Gasteiger partial charge in [0.25, 0.3) is 0 Å². The molecule has 3 rings (SSSR count). The molecule has 2 aliphatic rings. The van der Waals surface area contributed by atoms with Crippen molar-refractivity contribution >= 4 is 17.6 Å². The fraction of sp³-hybridized carbons (Fsp3) is 0.667. The molecule has 172 valence electrons. The van der Waals surface area contributed by atoms with Crippen molar-refractivity contribution in [1.29, 1.82) is 0 Å². The molecule has 0 radical (unpaired) electrons. The van der Waals surface area contributed by atoms with Crippen molar-refractivity contribution in [3.8, 4) is 0 Å². The molecule has 2 fully saturated rings. The first-order chi connectivity index (χ1) is 15.1. The highest BCUT2D eigenvalue weighted by atomic mass is 16.5. The largest absolute Gasteiger partial charge is 0.379 e. The Morgan fingerprint density at radius 2 is 1.84 bits per heavy atom. The van der Waals surface area contributed by atoms with Crippen LogP contribution in [0.1, 0.15) is 45.1 Å². The fourth-order valence-corrected chi connectivity index (χ4v) is 4.34. The molecule has 0 aliphatic carbocycles. The van der Waals surface area contributed by atoms with E-state index >= 15 is 0 Å². The van der Waals surface area contributed by atoms with Gasteiger partial charge >= 0.3 is 0 Å². The van der Waals surface area contributed by atoms with Crippen molar-refractivity contribution in [3.63, 3.8) is 0 Å². The molecule has 1 aromatic rings. The highest BCUT2D eigenvalue weighted by molar-refractivity contribution is 5.93. The summed E-state index contributed by atoms with van der Waals surface area (Å²) in [5, 5.41) is 6.94. The number of nitrogens with one attached hydrogen (secondary N) is 2. The van der Waals surface area contributed by atoms with Crippen LogP contribution < -0.4 is 15.5 Å². The summed E-state index contributed by atoms with van der Waals surface area (Å²) in [6.07, 6.45) is 3.90. The Morgan fingerprint density at radius 3 is 2.48 bits per heavy atom. The van der Waals surface area contributed by atoms with Crippen LogP contribution in [0.4, 0.5) is 5.69 Å². The minimum Gasteiger partial charge on any atom is -0.379 e. The van der Waals surface area contributed by atoms with Gasteiger partial charge in [-0.25, -0.2) is 0 Å². The number of carbonyl (C=O) groups excluding carboxylic acids is 1. The lowest BCUT2D eigenvalue weighted by Crippen LogP contribution is -2.50. The Balaban J connectivity index is 1.49. The number of carbonyl (C=O) groups is 1. The van der Waals surface area contributed by atoms with Crippen molar-refractivity contribution in [2.45, 2.75) is 52.1 Å². The van der Waals surface area contributed by atoms with Crippen molar-refractivity contribution in [3.05, 3.63) is 29.8 Å². The SMILES string of the molecule is CN=C(NCc1ccc(N2CCCCC2=O)cc1)NCC(CC(C)C)N1CCOCC1. The van der Waals surface area contributed by atoms with Crippen molar-refractivity contribution < 1.29 is 9.53 Å². The monoisotopic (exact) mass is 429 g/mol. The lowest BCUT2D eigenvalue weighted by molar-refractivity contribution is -0.119. The van der Waals surface area contributed by atoms with E-state index in [4.69, 9.17) is 4.74 Å². The van der Waals surface area contributed by atoms with Crippen LogP contribution in [-0.2, 0) is 16.1 Å². The van der Waals surface area contributed by atoms with Gasteiger partial charge in [-0.2, -0.15) is 0 Å². The Bertz CT molecular complexity index is 713. The number of hydrogen-bond acceptors (Lipinski definition) is 4. The summed E-state index contributed by atoms with van der Waals surface area (Å²) >= 11 is 0. The summed E-state index contributed by atoms with van der Waals surface area (Å²) in [5.74, 6) is 1.70. The van der Waals surface area contributed by atoms with Crippen LogP contribution in [-0.4, -0.2) is 69.2 Å². The molecule has 2 heterocycles. The predicted octanol–water partition coefficient (Wildman–Crippen LogP) is 2.62. The highest BCUT2D eigenvalue weighted by Crippen LogP contribution is 2.21. The topological polar surface area (TPSA) is 69.2 Å². The third-order valence-electron chi connectivity index (χ3n) is 6.07. The van der Waals surface area contributed by atoms with E-state index in [2.05, 4.69) is 46.5 Å². The number of anilines is 1. The van der Waals surface area contributed by atoms with Gasteiger partial charge in [-0.15, -0.1) is 0 Å². The van der Waals surface area contributed by atoms with Crippen molar-refractivity contribution in [1.82, 2.24) is 15.5 Å². The van der Waals surface area contributed by atoms with E-state index in [0.29, 0.717) is 24.9 Å². The molecule has 0 aromatic heterocycles. The van der Waals surface area contributed by atoms with Crippen molar-refractivity contribution in [2.24, 2.45) is 10.9 Å². The van der Waals surface area contributed by atoms with Gasteiger partial charge in [0.1, 0.15) is 0 Å². The normalized spacial score (nSPS) is 19.5. The van der Waals surface area contributed by atoms with Gasteiger partial charge in [-0.05, 0) is 42.9 Å². The molecule has 2 saturated heterocycles. The number of amides is 1. The Morgan fingerprint density at radius 1 is 1.10 bits per heavy atom. The number of morpholine rings is 1. The lowest BCUT2D eigenvalue weighted by atomic mass is 10.0. The number of aliphatic imine (C=N–C) groups is 1. The van der Waals surface area contributed by atoms with E-state index in [9.17, 15) is 4.79 Å². The number of nitrogens with zero attached hydrogens (tertiary/aromatic N) is 3. The van der Waals surface area contributed by atoms with Crippen molar-refractivity contribution in [2.75, 3.05) is 51.3 Å². The van der Waals surface area contributed by atoms with Gasteiger partial charge in [0.15, 0.2) is 5.96 Å².